The molecule has 0 spiro atoms. The summed E-state index contributed by atoms with van der Waals surface area (Å²) in [6.45, 7) is 4.25. The molecular formula is C16H33Cl2N3. The summed E-state index contributed by atoms with van der Waals surface area (Å²) in [6.07, 6.45) is 17.7. The minimum Gasteiger partial charge on any atom is -0.348 e. The van der Waals surface area contributed by atoms with Gasteiger partial charge in [0.2, 0.25) is 0 Å². The van der Waals surface area contributed by atoms with Gasteiger partial charge in [-0.3, -0.25) is 0 Å². The fourth-order valence-corrected chi connectivity index (χ4v) is 2.34. The number of imidazole rings is 1. The molecule has 0 saturated heterocycles. The van der Waals surface area contributed by atoms with E-state index in [0.717, 1.165) is 18.9 Å². The smallest absolute Gasteiger partial charge is 0.120 e. The minimum atomic E-state index is 0. The third-order valence-electron chi connectivity index (χ3n) is 3.55. The van der Waals surface area contributed by atoms with Crippen LogP contribution in [0, 0.1) is 0 Å². The van der Waals surface area contributed by atoms with Crippen LogP contribution in [0.4, 0.5) is 0 Å². The molecule has 0 aliphatic heterocycles. The summed E-state index contributed by atoms with van der Waals surface area (Å²) < 4.78 is 0. The Balaban J connectivity index is 0. The molecule has 3 nitrogen and oxygen atoms in total. The van der Waals surface area contributed by atoms with Crippen molar-refractivity contribution in [3.8, 4) is 0 Å². The maximum atomic E-state index is 4.19. The van der Waals surface area contributed by atoms with Gasteiger partial charge >= 0.3 is 0 Å². The molecule has 0 bridgehead atoms. The van der Waals surface area contributed by atoms with Crippen molar-refractivity contribution >= 4 is 24.8 Å². The Hall–Kier alpha value is -0.250. The lowest BCUT2D eigenvalue weighted by atomic mass is 10.1. The van der Waals surface area contributed by atoms with Gasteiger partial charge in [0.1, 0.15) is 5.82 Å². The lowest BCUT2D eigenvalue weighted by Gasteiger charge is -2.03. The van der Waals surface area contributed by atoms with Gasteiger partial charge in [0.15, 0.2) is 0 Å². The molecule has 126 valence electrons. The zero-order chi connectivity index (χ0) is 13.6. The van der Waals surface area contributed by atoms with Gasteiger partial charge in [-0.05, 0) is 13.0 Å². The van der Waals surface area contributed by atoms with Crippen molar-refractivity contribution in [2.45, 2.75) is 77.7 Å². The summed E-state index contributed by atoms with van der Waals surface area (Å²) in [6, 6.07) is 0. The van der Waals surface area contributed by atoms with E-state index in [2.05, 4.69) is 22.2 Å². The van der Waals surface area contributed by atoms with Crippen LogP contribution in [-0.2, 0) is 6.54 Å². The van der Waals surface area contributed by atoms with Gasteiger partial charge in [-0.15, -0.1) is 24.8 Å². The fourth-order valence-electron chi connectivity index (χ4n) is 2.34. The molecule has 0 unspecified atom stereocenters. The Bertz CT molecular complexity index is 279. The molecule has 0 aliphatic rings. The molecule has 0 atom stereocenters. The number of nitrogens with one attached hydrogen (secondary N) is 2. The van der Waals surface area contributed by atoms with Crippen molar-refractivity contribution in [3.63, 3.8) is 0 Å². The normalized spacial score (nSPS) is 9.95. The number of H-pyrrole nitrogens is 1. The summed E-state index contributed by atoms with van der Waals surface area (Å²) in [5, 5.41) is 3.42. The van der Waals surface area contributed by atoms with Crippen LogP contribution in [-0.4, -0.2) is 16.5 Å². The van der Waals surface area contributed by atoms with Crippen molar-refractivity contribution in [2.24, 2.45) is 0 Å². The standard InChI is InChI=1S/C16H31N3.2ClH/c1-2-3-4-5-6-7-8-9-10-11-12-17-15-16-18-13-14-19-16;;/h13-14,17H,2-12,15H2,1H3,(H,18,19);2*1H. The monoisotopic (exact) mass is 337 g/mol. The second-order valence-corrected chi connectivity index (χ2v) is 5.39. The molecule has 0 radical (unpaired) electrons. The average Bonchev–Trinajstić information content (AvgIpc) is 2.93. The summed E-state index contributed by atoms with van der Waals surface area (Å²) in [5.74, 6) is 1.03. The molecule has 0 saturated carbocycles. The molecule has 0 fully saturated rings. The van der Waals surface area contributed by atoms with Crippen molar-refractivity contribution in [3.05, 3.63) is 18.2 Å². The molecule has 1 rings (SSSR count). The zero-order valence-electron chi connectivity index (χ0n) is 13.4. The SMILES string of the molecule is CCCCCCCCCCCCNCc1ncc[nH]1.Cl.Cl. The van der Waals surface area contributed by atoms with Crippen LogP contribution in [0.2, 0.25) is 0 Å². The number of hydrogen-bond acceptors (Lipinski definition) is 2. The topological polar surface area (TPSA) is 40.7 Å². The van der Waals surface area contributed by atoms with Crippen LogP contribution >= 0.6 is 24.8 Å². The Morgan fingerprint density at radius 1 is 0.905 bits per heavy atom. The maximum Gasteiger partial charge on any atom is 0.120 e. The van der Waals surface area contributed by atoms with Gasteiger partial charge in [-0.2, -0.15) is 0 Å². The van der Waals surface area contributed by atoms with E-state index in [1.807, 2.05) is 6.20 Å². The van der Waals surface area contributed by atoms with E-state index >= 15 is 0 Å². The first-order valence-electron chi connectivity index (χ1n) is 8.12. The van der Waals surface area contributed by atoms with E-state index in [9.17, 15) is 0 Å². The molecule has 2 N–H and O–H groups in total. The van der Waals surface area contributed by atoms with Crippen molar-refractivity contribution in [1.82, 2.24) is 15.3 Å². The quantitative estimate of drug-likeness (QED) is 0.481. The zero-order valence-corrected chi connectivity index (χ0v) is 15.0. The third kappa shape index (κ3) is 14.5. The molecule has 0 amide bonds. The number of halogens is 2. The van der Waals surface area contributed by atoms with Crippen LogP contribution in [0.3, 0.4) is 0 Å². The molecule has 1 heterocycles. The highest BCUT2D eigenvalue weighted by Crippen LogP contribution is 2.10. The van der Waals surface area contributed by atoms with E-state index in [1.54, 1.807) is 6.20 Å². The number of aromatic nitrogens is 2. The molecule has 5 heteroatoms. The van der Waals surface area contributed by atoms with Gasteiger partial charge < -0.3 is 10.3 Å². The Morgan fingerprint density at radius 2 is 1.48 bits per heavy atom. The highest BCUT2D eigenvalue weighted by molar-refractivity contribution is 5.85. The van der Waals surface area contributed by atoms with Crippen molar-refractivity contribution < 1.29 is 0 Å². The van der Waals surface area contributed by atoms with Crippen LogP contribution in [0.5, 0.6) is 0 Å². The first-order chi connectivity index (χ1) is 9.43. The summed E-state index contributed by atoms with van der Waals surface area (Å²) in [4.78, 5) is 7.29. The first-order valence-corrected chi connectivity index (χ1v) is 8.12. The number of unbranched alkanes of at least 4 members (excludes halogenated alkanes) is 9. The van der Waals surface area contributed by atoms with Gasteiger partial charge in [0.25, 0.3) is 0 Å². The van der Waals surface area contributed by atoms with E-state index < -0.39 is 0 Å². The number of nitrogens with zero attached hydrogens (tertiary/aromatic N) is 1. The van der Waals surface area contributed by atoms with Gasteiger partial charge in [-0.25, -0.2) is 4.98 Å². The predicted molar refractivity (Wildman–Crippen MR) is 96.6 cm³/mol. The number of hydrogen-bond donors (Lipinski definition) is 2. The second kappa shape index (κ2) is 17.8. The summed E-state index contributed by atoms with van der Waals surface area (Å²) in [7, 11) is 0. The van der Waals surface area contributed by atoms with Gasteiger partial charge in [-0.1, -0.05) is 64.7 Å². The van der Waals surface area contributed by atoms with Crippen molar-refractivity contribution in [1.29, 1.82) is 0 Å². The molecule has 1 aromatic rings. The van der Waals surface area contributed by atoms with Crippen LogP contribution in [0.1, 0.15) is 77.0 Å². The molecule has 1 aromatic heterocycles. The predicted octanol–water partition coefficient (Wildman–Crippen LogP) is 5.26. The summed E-state index contributed by atoms with van der Waals surface area (Å²) >= 11 is 0. The van der Waals surface area contributed by atoms with E-state index in [1.165, 1.54) is 64.2 Å². The molecule has 21 heavy (non-hydrogen) atoms. The highest BCUT2D eigenvalue weighted by Gasteiger charge is 1.94. The number of rotatable bonds is 13. The van der Waals surface area contributed by atoms with Gasteiger partial charge in [0.05, 0.1) is 6.54 Å². The largest absolute Gasteiger partial charge is 0.348 e. The van der Waals surface area contributed by atoms with Crippen LogP contribution < -0.4 is 5.32 Å². The Morgan fingerprint density at radius 3 is 2.00 bits per heavy atom. The van der Waals surface area contributed by atoms with Crippen LogP contribution in [0.25, 0.3) is 0 Å². The second-order valence-electron chi connectivity index (χ2n) is 5.39. The van der Waals surface area contributed by atoms with Crippen molar-refractivity contribution in [2.75, 3.05) is 6.54 Å². The highest BCUT2D eigenvalue weighted by atomic mass is 35.5. The van der Waals surface area contributed by atoms with E-state index in [-0.39, 0.29) is 24.8 Å². The van der Waals surface area contributed by atoms with Gasteiger partial charge in [0, 0.05) is 12.4 Å². The molecular weight excluding hydrogens is 305 g/mol. The maximum absolute atomic E-state index is 4.19. The Labute approximate surface area is 142 Å². The minimum absolute atomic E-state index is 0. The van der Waals surface area contributed by atoms with E-state index in [0.29, 0.717) is 0 Å². The first kappa shape index (κ1) is 23.0. The fraction of sp³-hybridized carbons (Fsp3) is 0.812. The lowest BCUT2D eigenvalue weighted by Crippen LogP contribution is -2.15. The molecule has 0 aliphatic carbocycles. The lowest BCUT2D eigenvalue weighted by molar-refractivity contribution is 0.541. The summed E-state index contributed by atoms with van der Waals surface area (Å²) in [5.41, 5.74) is 0. The molecule has 0 aromatic carbocycles. The third-order valence-corrected chi connectivity index (χ3v) is 3.55. The Kier molecular flexibility index (Phi) is 19.5. The number of aromatic amines is 1. The van der Waals surface area contributed by atoms with E-state index in [4.69, 9.17) is 0 Å². The van der Waals surface area contributed by atoms with Crippen LogP contribution in [0.15, 0.2) is 12.4 Å². The average molecular weight is 338 g/mol.